The molecule has 98 valence electrons. The third-order valence-electron chi connectivity index (χ3n) is 3.56. The van der Waals surface area contributed by atoms with Gasteiger partial charge in [0.05, 0.1) is 6.33 Å². The second kappa shape index (κ2) is 4.49. The third-order valence-corrected chi connectivity index (χ3v) is 4.50. The van der Waals surface area contributed by atoms with Crippen molar-refractivity contribution in [3.63, 3.8) is 0 Å². The highest BCUT2D eigenvalue weighted by atomic mass is 79.9. The van der Waals surface area contributed by atoms with Crippen molar-refractivity contribution in [3.05, 3.63) is 34.7 Å². The summed E-state index contributed by atoms with van der Waals surface area (Å²) in [6.45, 7) is 0. The second-order valence-electron chi connectivity index (χ2n) is 4.79. The van der Waals surface area contributed by atoms with E-state index in [9.17, 15) is 4.79 Å². The zero-order chi connectivity index (χ0) is 13.6. The first-order valence-corrected chi connectivity index (χ1v) is 6.94. The van der Waals surface area contributed by atoms with E-state index in [0.717, 1.165) is 28.0 Å². The van der Waals surface area contributed by atoms with Crippen molar-refractivity contribution in [1.82, 2.24) is 9.55 Å². The van der Waals surface area contributed by atoms with Crippen LogP contribution in [0.3, 0.4) is 0 Å². The van der Waals surface area contributed by atoms with Crippen LogP contribution >= 0.6 is 15.9 Å². The quantitative estimate of drug-likeness (QED) is 0.810. The predicted octanol–water partition coefficient (Wildman–Crippen LogP) is 2.76. The lowest BCUT2D eigenvalue weighted by Gasteiger charge is -2.26. The van der Waals surface area contributed by atoms with E-state index in [1.165, 1.54) is 5.56 Å². The van der Waals surface area contributed by atoms with E-state index < -0.39 is 0 Å². The van der Waals surface area contributed by atoms with Crippen molar-refractivity contribution in [3.8, 4) is 11.3 Å². The lowest BCUT2D eigenvalue weighted by molar-refractivity contribution is -0.118. The summed E-state index contributed by atoms with van der Waals surface area (Å²) in [5.41, 5.74) is 4.23. The Bertz CT molecular complexity index is 663. The molecule has 2 aromatic rings. The van der Waals surface area contributed by atoms with Crippen LogP contribution in [0.4, 0.5) is 5.69 Å². The summed E-state index contributed by atoms with van der Waals surface area (Å²) < 4.78 is 2.90. The lowest BCUT2D eigenvalue weighted by atomic mass is 9.98. The highest BCUT2D eigenvalue weighted by molar-refractivity contribution is 9.10. The van der Waals surface area contributed by atoms with Gasteiger partial charge in [-0.15, -0.1) is 0 Å². The van der Waals surface area contributed by atoms with Gasteiger partial charge in [-0.2, -0.15) is 0 Å². The molecule has 19 heavy (non-hydrogen) atoms. The summed E-state index contributed by atoms with van der Waals surface area (Å²) >= 11 is 3.54. The minimum atomic E-state index is 0.180. The standard InChI is InChI=1S/C14H14BrN3O/c1-17-8-16-13(14(17)15)10-3-5-11-9(7-10)4-6-12(19)18(11)2/h3,5,7-8H,4,6H2,1-2H3. The van der Waals surface area contributed by atoms with Gasteiger partial charge in [0.2, 0.25) is 5.91 Å². The molecule has 1 aromatic heterocycles. The van der Waals surface area contributed by atoms with Crippen LogP contribution < -0.4 is 4.90 Å². The van der Waals surface area contributed by atoms with Crippen LogP contribution in [0.2, 0.25) is 0 Å². The maximum absolute atomic E-state index is 11.7. The van der Waals surface area contributed by atoms with Crippen LogP contribution in [0.15, 0.2) is 29.1 Å². The van der Waals surface area contributed by atoms with E-state index in [1.54, 1.807) is 11.2 Å². The smallest absolute Gasteiger partial charge is 0.227 e. The van der Waals surface area contributed by atoms with Crippen molar-refractivity contribution in [2.75, 3.05) is 11.9 Å². The van der Waals surface area contributed by atoms with Crippen LogP contribution in [-0.4, -0.2) is 22.5 Å². The number of carbonyl (C=O) groups is 1. The van der Waals surface area contributed by atoms with Gasteiger partial charge in [0.1, 0.15) is 10.3 Å². The summed E-state index contributed by atoms with van der Waals surface area (Å²) in [6, 6.07) is 6.15. The highest BCUT2D eigenvalue weighted by Crippen LogP contribution is 2.33. The van der Waals surface area contributed by atoms with Gasteiger partial charge in [-0.05, 0) is 40.0 Å². The largest absolute Gasteiger partial charge is 0.328 e. The number of halogens is 1. The maximum Gasteiger partial charge on any atom is 0.227 e. The van der Waals surface area contributed by atoms with Crippen LogP contribution in [-0.2, 0) is 18.3 Å². The number of anilines is 1. The Labute approximate surface area is 120 Å². The number of nitrogens with zero attached hydrogens (tertiary/aromatic N) is 3. The molecule has 1 aliphatic heterocycles. The predicted molar refractivity (Wildman–Crippen MR) is 78.1 cm³/mol. The minimum absolute atomic E-state index is 0.180. The number of benzene rings is 1. The Hall–Kier alpha value is -1.62. The van der Waals surface area contributed by atoms with Gasteiger partial charge in [-0.25, -0.2) is 4.98 Å². The van der Waals surface area contributed by atoms with Gasteiger partial charge in [0.25, 0.3) is 0 Å². The molecule has 1 aliphatic rings. The molecule has 0 fully saturated rings. The first kappa shape index (κ1) is 12.4. The molecule has 2 heterocycles. The SMILES string of the molecule is CN1C(=O)CCc2cc(-c3ncn(C)c3Br)ccc21. The molecule has 0 saturated carbocycles. The van der Waals surface area contributed by atoms with Gasteiger partial charge in [0.15, 0.2) is 0 Å². The molecule has 0 aliphatic carbocycles. The van der Waals surface area contributed by atoms with Crippen LogP contribution in [0.5, 0.6) is 0 Å². The van der Waals surface area contributed by atoms with Crippen molar-refractivity contribution in [2.45, 2.75) is 12.8 Å². The molecule has 3 rings (SSSR count). The average Bonchev–Trinajstić information content (AvgIpc) is 2.74. The normalized spacial score (nSPS) is 14.7. The average molecular weight is 320 g/mol. The van der Waals surface area contributed by atoms with E-state index in [1.807, 2.05) is 30.8 Å². The first-order valence-electron chi connectivity index (χ1n) is 6.14. The zero-order valence-corrected chi connectivity index (χ0v) is 12.4. The van der Waals surface area contributed by atoms with Crippen molar-refractivity contribution >= 4 is 27.5 Å². The molecule has 0 unspecified atom stereocenters. The number of rotatable bonds is 1. The highest BCUT2D eigenvalue weighted by Gasteiger charge is 2.21. The minimum Gasteiger partial charge on any atom is -0.328 e. The molecule has 1 aromatic carbocycles. The molecule has 0 N–H and O–H groups in total. The van der Waals surface area contributed by atoms with Gasteiger partial charge in [-0.3, -0.25) is 4.79 Å². The monoisotopic (exact) mass is 319 g/mol. The molecule has 0 saturated heterocycles. The number of hydrogen-bond donors (Lipinski definition) is 0. The van der Waals surface area contributed by atoms with Gasteiger partial charge in [0, 0.05) is 31.8 Å². The van der Waals surface area contributed by atoms with Crippen molar-refractivity contribution < 1.29 is 4.79 Å². The molecule has 0 radical (unpaired) electrons. The number of amides is 1. The van der Waals surface area contributed by atoms with Crippen LogP contribution in [0, 0.1) is 0 Å². The second-order valence-corrected chi connectivity index (χ2v) is 5.54. The summed E-state index contributed by atoms with van der Waals surface area (Å²) in [6.07, 6.45) is 3.17. The van der Waals surface area contributed by atoms with E-state index in [2.05, 4.69) is 27.0 Å². The summed E-state index contributed by atoms with van der Waals surface area (Å²) in [5.74, 6) is 0.180. The van der Waals surface area contributed by atoms with Gasteiger partial charge >= 0.3 is 0 Å². The third kappa shape index (κ3) is 1.98. The number of hydrogen-bond acceptors (Lipinski definition) is 2. The van der Waals surface area contributed by atoms with Crippen LogP contribution in [0.25, 0.3) is 11.3 Å². The van der Waals surface area contributed by atoms with E-state index in [-0.39, 0.29) is 5.91 Å². The van der Waals surface area contributed by atoms with Crippen molar-refractivity contribution in [1.29, 1.82) is 0 Å². The van der Waals surface area contributed by atoms with Crippen LogP contribution in [0.1, 0.15) is 12.0 Å². The van der Waals surface area contributed by atoms with E-state index in [0.29, 0.717) is 6.42 Å². The molecule has 0 atom stereocenters. The number of aromatic nitrogens is 2. The topological polar surface area (TPSA) is 38.1 Å². The molecule has 5 heteroatoms. The zero-order valence-electron chi connectivity index (χ0n) is 10.9. The Morgan fingerprint density at radius 2 is 2.05 bits per heavy atom. The number of fused-ring (bicyclic) bond motifs is 1. The first-order chi connectivity index (χ1) is 9.08. The number of imidazole rings is 1. The van der Waals surface area contributed by atoms with Gasteiger partial charge < -0.3 is 9.47 Å². The molecular formula is C14H14BrN3O. The summed E-state index contributed by atoms with van der Waals surface area (Å²) in [7, 11) is 3.78. The fraction of sp³-hybridized carbons (Fsp3) is 0.286. The summed E-state index contributed by atoms with van der Waals surface area (Å²) in [4.78, 5) is 17.8. The molecule has 1 amide bonds. The van der Waals surface area contributed by atoms with E-state index >= 15 is 0 Å². The van der Waals surface area contributed by atoms with Crippen molar-refractivity contribution in [2.24, 2.45) is 7.05 Å². The fourth-order valence-electron chi connectivity index (χ4n) is 2.41. The molecule has 0 bridgehead atoms. The molecular weight excluding hydrogens is 306 g/mol. The molecule has 0 spiro atoms. The Morgan fingerprint density at radius 1 is 1.26 bits per heavy atom. The lowest BCUT2D eigenvalue weighted by Crippen LogP contribution is -2.30. The Morgan fingerprint density at radius 3 is 2.74 bits per heavy atom. The maximum atomic E-state index is 11.7. The summed E-state index contributed by atoms with van der Waals surface area (Å²) in [5, 5.41) is 0. The Kier molecular flexibility index (Phi) is 2.93. The molecule has 4 nitrogen and oxygen atoms in total. The number of carbonyl (C=O) groups excluding carboxylic acids is 1. The fourth-order valence-corrected chi connectivity index (χ4v) is 2.84. The number of aryl methyl sites for hydroxylation is 2. The van der Waals surface area contributed by atoms with Gasteiger partial charge in [-0.1, -0.05) is 6.07 Å². The van der Waals surface area contributed by atoms with E-state index in [4.69, 9.17) is 0 Å². The Balaban J connectivity index is 2.07.